The van der Waals surface area contributed by atoms with Gasteiger partial charge in [-0.1, -0.05) is 0 Å². The Morgan fingerprint density at radius 1 is 0.278 bits per heavy atom. The Bertz CT molecular complexity index is 1690. The van der Waals surface area contributed by atoms with Crippen LogP contribution in [-0.4, -0.2) is 51.4 Å². The van der Waals surface area contributed by atoms with E-state index < -0.39 is 144 Å². The molecule has 0 bridgehead atoms. The Morgan fingerprint density at radius 2 is 0.407 bits per heavy atom. The molecule has 0 saturated carbocycles. The van der Waals surface area contributed by atoms with E-state index in [1.54, 1.807) is 0 Å². The van der Waals surface area contributed by atoms with Crippen molar-refractivity contribution in [2.75, 3.05) is 26.4 Å². The maximum atomic E-state index is 15.4. The number of ether oxygens (including phenoxy) is 2. The summed E-state index contributed by atoms with van der Waals surface area (Å²) < 4.78 is 304. The standard InChI is InChI=1S/C24BF20.C6H14O2.Li.H/c26-5-1(6(27)14(35)21(42)13(5)34)25(2-7(28)15(36)22(43)16(37)8(2)29,3-9(30)17(38)23(44)18(39)10(3)31)4-11(32)19(40)24(45)20(41)12(4)33;1-3-7-5-6-8-4-2;;/h;3-6H2,1-2H3;;/q-1;;;. The van der Waals surface area contributed by atoms with Crippen LogP contribution in [-0.2, 0) is 9.47 Å². The van der Waals surface area contributed by atoms with E-state index in [2.05, 4.69) is 0 Å². The summed E-state index contributed by atoms with van der Waals surface area (Å²) in [6, 6.07) is 0. The minimum atomic E-state index is -7.22. The molecular weight excluding hydrogens is 790 g/mol. The van der Waals surface area contributed by atoms with Gasteiger partial charge in [-0.25, -0.2) is 87.8 Å². The van der Waals surface area contributed by atoms with Crippen molar-refractivity contribution in [2.24, 2.45) is 0 Å². The molecule has 0 aromatic heterocycles. The third kappa shape index (κ3) is 7.26. The van der Waals surface area contributed by atoms with Gasteiger partial charge in [0.1, 0.15) is 52.7 Å². The van der Waals surface area contributed by atoms with Gasteiger partial charge < -0.3 is 9.47 Å². The molecule has 0 heterocycles. The molecule has 0 N–H and O–H groups in total. The van der Waals surface area contributed by atoms with Crippen LogP contribution in [0.25, 0.3) is 0 Å². The Kier molecular flexibility index (Phi) is 15.1. The van der Waals surface area contributed by atoms with Crippen molar-refractivity contribution >= 4 is 46.9 Å². The second-order valence-corrected chi connectivity index (χ2v) is 10.2. The van der Waals surface area contributed by atoms with Gasteiger partial charge in [0.05, 0.1) is 13.2 Å². The van der Waals surface area contributed by atoms with Crippen molar-refractivity contribution < 1.29 is 97.3 Å². The van der Waals surface area contributed by atoms with Gasteiger partial charge in [0.25, 0.3) is 0 Å². The summed E-state index contributed by atoms with van der Waals surface area (Å²) in [7, 11) is 0. The number of benzene rings is 4. The first-order valence-corrected chi connectivity index (χ1v) is 14.0. The van der Waals surface area contributed by atoms with E-state index in [0.717, 1.165) is 26.4 Å². The van der Waals surface area contributed by atoms with Gasteiger partial charge in [-0.3, -0.25) is 0 Å². The Hall–Kier alpha value is -3.94. The first-order valence-electron chi connectivity index (χ1n) is 14.0. The fourth-order valence-electron chi connectivity index (χ4n) is 5.28. The molecular formula is C30H15BF20LiO2-. The van der Waals surface area contributed by atoms with Gasteiger partial charge in [0, 0.05) is 13.2 Å². The molecule has 0 saturated heterocycles. The monoisotopic (exact) mass is 805 g/mol. The van der Waals surface area contributed by atoms with Gasteiger partial charge in [0.2, 0.25) is 0 Å². The van der Waals surface area contributed by atoms with Crippen LogP contribution in [0.1, 0.15) is 13.8 Å². The second-order valence-electron chi connectivity index (χ2n) is 10.2. The molecule has 4 rings (SSSR count). The third-order valence-electron chi connectivity index (χ3n) is 7.49. The molecule has 0 fully saturated rings. The first-order chi connectivity index (χ1) is 24.6. The van der Waals surface area contributed by atoms with Crippen LogP contribution in [0.2, 0.25) is 0 Å². The van der Waals surface area contributed by atoms with Crippen molar-refractivity contribution in [3.8, 4) is 0 Å². The molecule has 292 valence electrons. The van der Waals surface area contributed by atoms with E-state index in [4.69, 9.17) is 9.47 Å². The number of hydrogen-bond acceptors (Lipinski definition) is 2. The summed E-state index contributed by atoms with van der Waals surface area (Å²) in [5.41, 5.74) is -14.3. The number of halogens is 20. The molecule has 0 spiro atoms. The molecule has 24 heteroatoms. The van der Waals surface area contributed by atoms with Crippen LogP contribution in [0.3, 0.4) is 0 Å². The van der Waals surface area contributed by atoms with Crippen LogP contribution in [0.15, 0.2) is 0 Å². The molecule has 0 amide bonds. The fourth-order valence-corrected chi connectivity index (χ4v) is 5.28. The zero-order chi connectivity index (χ0) is 40.6. The third-order valence-corrected chi connectivity index (χ3v) is 7.49. The normalized spacial score (nSPS) is 11.4. The van der Waals surface area contributed by atoms with E-state index in [0.29, 0.717) is 0 Å². The minimum absolute atomic E-state index is 0. The molecule has 0 radical (unpaired) electrons. The molecule has 54 heavy (non-hydrogen) atoms. The quantitative estimate of drug-likeness (QED) is 0.0655. The van der Waals surface area contributed by atoms with Crippen LogP contribution >= 0.6 is 0 Å². The Balaban J connectivity index is 0.00000101. The summed E-state index contributed by atoms with van der Waals surface area (Å²) >= 11 is 0. The van der Waals surface area contributed by atoms with E-state index in [-0.39, 0.29) is 18.9 Å². The topological polar surface area (TPSA) is 18.5 Å². The van der Waals surface area contributed by atoms with Crippen molar-refractivity contribution in [3.05, 3.63) is 116 Å². The summed E-state index contributed by atoms with van der Waals surface area (Å²) in [4.78, 5) is 0. The Morgan fingerprint density at radius 3 is 0.537 bits per heavy atom. The predicted molar refractivity (Wildman–Crippen MR) is 149 cm³/mol. The SMILES string of the molecule is CCOCCOCC.Fc1c(F)c(F)c([B-](c2c(F)c(F)c(F)c(F)c2F)(c2c(F)c(F)c(F)c(F)c2F)c2c(F)c(F)c(F)c(F)c2F)c(F)c1F.[LiH]. The van der Waals surface area contributed by atoms with E-state index in [1.807, 2.05) is 13.8 Å². The van der Waals surface area contributed by atoms with Crippen LogP contribution in [0, 0.1) is 116 Å². The van der Waals surface area contributed by atoms with Gasteiger partial charge in [-0.15, -0.1) is 21.9 Å². The summed E-state index contributed by atoms with van der Waals surface area (Å²) in [5.74, 6) is -71.4. The van der Waals surface area contributed by atoms with Crippen molar-refractivity contribution in [2.45, 2.75) is 13.8 Å². The molecule has 0 aliphatic rings. The van der Waals surface area contributed by atoms with Gasteiger partial charge >= 0.3 is 18.9 Å². The zero-order valence-corrected chi connectivity index (χ0v) is 25.8. The molecule has 0 unspecified atom stereocenters. The zero-order valence-electron chi connectivity index (χ0n) is 25.8. The van der Waals surface area contributed by atoms with Crippen LogP contribution < -0.4 is 21.9 Å². The first kappa shape index (κ1) is 46.2. The molecule has 0 aliphatic carbocycles. The maximum absolute atomic E-state index is 15.4. The van der Waals surface area contributed by atoms with Crippen molar-refractivity contribution in [3.63, 3.8) is 0 Å². The van der Waals surface area contributed by atoms with Gasteiger partial charge in [-0.05, 0) is 13.8 Å². The van der Waals surface area contributed by atoms with E-state index in [1.165, 1.54) is 0 Å². The van der Waals surface area contributed by atoms with E-state index >= 15 is 35.1 Å². The molecule has 4 aromatic rings. The second kappa shape index (κ2) is 17.7. The van der Waals surface area contributed by atoms with Crippen molar-refractivity contribution in [1.82, 2.24) is 0 Å². The van der Waals surface area contributed by atoms with Crippen LogP contribution in [0.4, 0.5) is 87.8 Å². The predicted octanol–water partition coefficient (Wildman–Crippen LogP) is 6.26. The fraction of sp³-hybridized carbons (Fsp3) is 0.200. The van der Waals surface area contributed by atoms with Gasteiger partial charge in [-0.2, -0.15) is 0 Å². The number of rotatable bonds is 9. The summed E-state index contributed by atoms with van der Waals surface area (Å²) in [5, 5.41) is 0. The van der Waals surface area contributed by atoms with Gasteiger partial charge in [0.15, 0.2) is 69.8 Å². The molecule has 4 aromatic carbocycles. The molecule has 2 nitrogen and oxygen atoms in total. The van der Waals surface area contributed by atoms with Crippen molar-refractivity contribution in [1.29, 1.82) is 0 Å². The van der Waals surface area contributed by atoms with E-state index in [9.17, 15) is 52.7 Å². The molecule has 0 atom stereocenters. The summed E-state index contributed by atoms with van der Waals surface area (Å²) in [6.07, 6.45) is -7.22. The average Bonchev–Trinajstić information content (AvgIpc) is 3.13. The summed E-state index contributed by atoms with van der Waals surface area (Å²) in [6.45, 7) is 6.98. The Labute approximate surface area is 300 Å². The molecule has 0 aliphatic heterocycles. The average molecular weight is 805 g/mol. The number of hydrogen-bond donors (Lipinski definition) is 0. The van der Waals surface area contributed by atoms with Crippen LogP contribution in [0.5, 0.6) is 0 Å².